The number of carbonyl (C=O) groups is 3. The van der Waals surface area contributed by atoms with Gasteiger partial charge in [-0.25, -0.2) is 0 Å². The van der Waals surface area contributed by atoms with Crippen molar-refractivity contribution < 1.29 is 14.4 Å². The summed E-state index contributed by atoms with van der Waals surface area (Å²) < 4.78 is 0. The summed E-state index contributed by atoms with van der Waals surface area (Å²) in [7, 11) is 3.29. The van der Waals surface area contributed by atoms with Crippen molar-refractivity contribution >= 4 is 23.3 Å². The van der Waals surface area contributed by atoms with Gasteiger partial charge in [-0.2, -0.15) is 0 Å². The molecule has 23 heavy (non-hydrogen) atoms. The Labute approximate surface area is 134 Å². The third-order valence-electron chi connectivity index (χ3n) is 3.29. The molecule has 0 radical (unpaired) electrons. The summed E-state index contributed by atoms with van der Waals surface area (Å²) >= 11 is 0. The van der Waals surface area contributed by atoms with Gasteiger partial charge < -0.3 is 10.2 Å². The zero-order valence-electron chi connectivity index (χ0n) is 13.3. The molecule has 0 aliphatic rings. The number of nitrogens with one attached hydrogen (secondary N) is 1. The van der Waals surface area contributed by atoms with Crippen LogP contribution in [0.4, 0.5) is 5.69 Å². The molecular formula is C18H18N2O3. The second-order valence-electron chi connectivity index (χ2n) is 5.43. The van der Waals surface area contributed by atoms with Gasteiger partial charge in [-0.15, -0.1) is 0 Å². The van der Waals surface area contributed by atoms with Crippen molar-refractivity contribution in [1.29, 1.82) is 0 Å². The predicted molar refractivity (Wildman–Crippen MR) is 88.6 cm³/mol. The Kier molecular flexibility index (Phi) is 4.91. The van der Waals surface area contributed by atoms with Crippen LogP contribution in [-0.2, 0) is 4.79 Å². The summed E-state index contributed by atoms with van der Waals surface area (Å²) in [4.78, 5) is 37.5. The van der Waals surface area contributed by atoms with E-state index in [9.17, 15) is 14.4 Å². The minimum Gasteiger partial charge on any atom is -0.345 e. The van der Waals surface area contributed by atoms with E-state index in [4.69, 9.17) is 0 Å². The van der Waals surface area contributed by atoms with E-state index >= 15 is 0 Å². The first kappa shape index (κ1) is 16.4. The third-order valence-corrected chi connectivity index (χ3v) is 3.29. The van der Waals surface area contributed by atoms with E-state index in [2.05, 4.69) is 5.32 Å². The van der Waals surface area contributed by atoms with Gasteiger partial charge in [0.25, 0.3) is 17.6 Å². The molecule has 0 aliphatic carbocycles. The molecule has 0 heterocycles. The van der Waals surface area contributed by atoms with Gasteiger partial charge >= 0.3 is 0 Å². The summed E-state index contributed by atoms with van der Waals surface area (Å²) in [6, 6.07) is 13.3. The van der Waals surface area contributed by atoms with E-state index in [1.54, 1.807) is 62.6 Å². The van der Waals surface area contributed by atoms with Gasteiger partial charge in [0.05, 0.1) is 0 Å². The number of ketones is 1. The van der Waals surface area contributed by atoms with Crippen LogP contribution in [0.2, 0.25) is 0 Å². The second kappa shape index (κ2) is 6.87. The van der Waals surface area contributed by atoms with Crippen LogP contribution in [0.3, 0.4) is 0 Å². The summed E-state index contributed by atoms with van der Waals surface area (Å²) in [5.74, 6) is -1.52. The van der Waals surface area contributed by atoms with Crippen LogP contribution in [-0.4, -0.2) is 36.6 Å². The van der Waals surface area contributed by atoms with Gasteiger partial charge in [-0.05, 0) is 25.1 Å². The van der Waals surface area contributed by atoms with Crippen molar-refractivity contribution in [2.45, 2.75) is 6.92 Å². The van der Waals surface area contributed by atoms with Crippen LogP contribution < -0.4 is 5.32 Å². The Hall–Kier alpha value is -2.95. The maximum atomic E-state index is 12.1. The Morgan fingerprint density at radius 2 is 1.57 bits per heavy atom. The standard InChI is InChI=1S/C18H18N2O3/c1-12-7-9-13(10-8-12)16(21)17(22)19-15-6-4-5-14(11-15)18(23)20(2)3/h4-11H,1-3H3,(H,19,22). The zero-order valence-corrected chi connectivity index (χ0v) is 13.3. The van der Waals surface area contributed by atoms with Crippen molar-refractivity contribution in [1.82, 2.24) is 4.90 Å². The van der Waals surface area contributed by atoms with Gasteiger partial charge in [0.15, 0.2) is 0 Å². The van der Waals surface area contributed by atoms with E-state index in [1.807, 2.05) is 6.92 Å². The minimum atomic E-state index is -0.733. The topological polar surface area (TPSA) is 66.5 Å². The first-order valence-corrected chi connectivity index (χ1v) is 7.12. The lowest BCUT2D eigenvalue weighted by Crippen LogP contribution is -2.24. The number of anilines is 1. The quantitative estimate of drug-likeness (QED) is 0.697. The van der Waals surface area contributed by atoms with E-state index in [0.29, 0.717) is 16.8 Å². The summed E-state index contributed by atoms with van der Waals surface area (Å²) in [6.45, 7) is 1.90. The number of hydrogen-bond donors (Lipinski definition) is 1. The molecule has 0 spiro atoms. The number of nitrogens with zero attached hydrogens (tertiary/aromatic N) is 1. The van der Waals surface area contributed by atoms with Crippen LogP contribution in [0.5, 0.6) is 0 Å². The number of benzene rings is 2. The molecule has 0 aliphatic heterocycles. The van der Waals surface area contributed by atoms with E-state index in [1.165, 1.54) is 4.90 Å². The fraction of sp³-hybridized carbons (Fsp3) is 0.167. The van der Waals surface area contributed by atoms with Gasteiger partial charge in [-0.3, -0.25) is 14.4 Å². The molecule has 0 saturated heterocycles. The minimum absolute atomic E-state index is 0.175. The van der Waals surface area contributed by atoms with Crippen LogP contribution in [0.15, 0.2) is 48.5 Å². The monoisotopic (exact) mass is 310 g/mol. The van der Waals surface area contributed by atoms with Crippen LogP contribution in [0.25, 0.3) is 0 Å². The Balaban J connectivity index is 2.14. The summed E-state index contributed by atoms with van der Waals surface area (Å²) in [6.07, 6.45) is 0. The van der Waals surface area contributed by atoms with E-state index in [0.717, 1.165) is 5.56 Å². The maximum absolute atomic E-state index is 12.1. The highest BCUT2D eigenvalue weighted by Crippen LogP contribution is 2.13. The molecule has 0 unspecified atom stereocenters. The average molecular weight is 310 g/mol. The van der Waals surface area contributed by atoms with Crippen molar-refractivity contribution in [3.05, 3.63) is 65.2 Å². The van der Waals surface area contributed by atoms with Gasteiger partial charge in [0.2, 0.25) is 0 Å². The van der Waals surface area contributed by atoms with Gasteiger partial charge in [0, 0.05) is 30.9 Å². The van der Waals surface area contributed by atoms with Crippen molar-refractivity contribution in [3.63, 3.8) is 0 Å². The fourth-order valence-corrected chi connectivity index (χ4v) is 2.01. The molecule has 5 heteroatoms. The highest BCUT2D eigenvalue weighted by molar-refractivity contribution is 6.46. The lowest BCUT2D eigenvalue weighted by atomic mass is 10.1. The number of Topliss-reactive ketones (excluding diaryl/α,β-unsaturated/α-hetero) is 1. The fourth-order valence-electron chi connectivity index (χ4n) is 2.01. The molecule has 0 saturated carbocycles. The first-order chi connectivity index (χ1) is 10.9. The predicted octanol–water partition coefficient (Wildman–Crippen LogP) is 2.52. The maximum Gasteiger partial charge on any atom is 0.296 e. The average Bonchev–Trinajstić information content (AvgIpc) is 2.54. The molecule has 0 fully saturated rings. The van der Waals surface area contributed by atoms with Crippen molar-refractivity contribution in [3.8, 4) is 0 Å². The van der Waals surface area contributed by atoms with Crippen molar-refractivity contribution in [2.75, 3.05) is 19.4 Å². The largest absolute Gasteiger partial charge is 0.345 e. The van der Waals surface area contributed by atoms with Crippen molar-refractivity contribution in [2.24, 2.45) is 0 Å². The molecule has 118 valence electrons. The number of rotatable bonds is 4. The molecule has 5 nitrogen and oxygen atoms in total. The third kappa shape index (κ3) is 4.03. The first-order valence-electron chi connectivity index (χ1n) is 7.12. The molecule has 1 N–H and O–H groups in total. The molecule has 2 aromatic carbocycles. The van der Waals surface area contributed by atoms with Crippen LogP contribution in [0, 0.1) is 6.92 Å². The molecule has 2 aromatic rings. The highest BCUT2D eigenvalue weighted by Gasteiger charge is 2.17. The number of aryl methyl sites for hydroxylation is 1. The zero-order chi connectivity index (χ0) is 17.0. The highest BCUT2D eigenvalue weighted by atomic mass is 16.2. The Bertz CT molecular complexity index is 749. The smallest absolute Gasteiger partial charge is 0.296 e. The Morgan fingerprint density at radius 1 is 0.913 bits per heavy atom. The second-order valence-corrected chi connectivity index (χ2v) is 5.43. The molecule has 0 aromatic heterocycles. The molecule has 0 bridgehead atoms. The van der Waals surface area contributed by atoms with Gasteiger partial charge in [0.1, 0.15) is 0 Å². The van der Waals surface area contributed by atoms with Crippen LogP contribution in [0.1, 0.15) is 26.3 Å². The SMILES string of the molecule is Cc1ccc(C(=O)C(=O)Nc2cccc(C(=O)N(C)C)c2)cc1. The molecule has 0 atom stereocenters. The number of amides is 2. The summed E-state index contributed by atoms with van der Waals surface area (Å²) in [5, 5.41) is 2.53. The van der Waals surface area contributed by atoms with E-state index in [-0.39, 0.29) is 5.91 Å². The molecule has 2 rings (SSSR count). The lowest BCUT2D eigenvalue weighted by molar-refractivity contribution is -0.112. The van der Waals surface area contributed by atoms with Gasteiger partial charge in [-0.1, -0.05) is 35.9 Å². The molecular weight excluding hydrogens is 292 g/mol. The van der Waals surface area contributed by atoms with E-state index < -0.39 is 11.7 Å². The molecule has 2 amide bonds. The Morgan fingerprint density at radius 3 is 2.17 bits per heavy atom. The normalized spacial score (nSPS) is 10.0. The number of hydrogen-bond acceptors (Lipinski definition) is 3. The van der Waals surface area contributed by atoms with Crippen LogP contribution >= 0.6 is 0 Å². The summed E-state index contributed by atoms with van der Waals surface area (Å²) in [5.41, 5.74) is 2.18. The lowest BCUT2D eigenvalue weighted by Gasteiger charge is -2.11. The number of carbonyl (C=O) groups excluding carboxylic acids is 3.